The molecular weight excluding hydrogens is 236 g/mol. The van der Waals surface area contributed by atoms with Crippen molar-refractivity contribution >= 4 is 28.3 Å². The van der Waals surface area contributed by atoms with Crippen LogP contribution in [0.3, 0.4) is 0 Å². The Morgan fingerprint density at radius 1 is 1.11 bits per heavy atom. The number of hydrogen-bond donors (Lipinski definition) is 0. The number of pyridine rings is 2. The smallest absolute Gasteiger partial charge is 0.144 e. The quantitative estimate of drug-likeness (QED) is 0.664. The topological polar surface area (TPSA) is 43.1 Å². The largest absolute Gasteiger partial charge is 0.300 e. The molecule has 0 aliphatic carbocycles. The SMILES string of the molecule is C1=CCC(n2c3cccnc3c3cccnc32)N=C1. The van der Waals surface area contributed by atoms with Gasteiger partial charge in [0.2, 0.25) is 0 Å². The Bertz CT molecular complexity index is 760. The molecule has 0 radical (unpaired) electrons. The minimum absolute atomic E-state index is 0.0732. The summed E-state index contributed by atoms with van der Waals surface area (Å²) in [6, 6.07) is 8.05. The number of aliphatic imine (C=N–C) groups is 1. The van der Waals surface area contributed by atoms with Crippen molar-refractivity contribution in [2.24, 2.45) is 4.99 Å². The number of aromatic nitrogens is 3. The summed E-state index contributed by atoms with van der Waals surface area (Å²) >= 11 is 0. The first-order valence-electron chi connectivity index (χ1n) is 6.33. The molecule has 0 saturated heterocycles. The Kier molecular flexibility index (Phi) is 2.21. The van der Waals surface area contributed by atoms with Crippen molar-refractivity contribution < 1.29 is 0 Å². The van der Waals surface area contributed by atoms with Crippen LogP contribution in [0, 0.1) is 0 Å². The van der Waals surface area contributed by atoms with E-state index in [0.29, 0.717) is 0 Å². The fourth-order valence-electron chi connectivity index (χ4n) is 2.63. The summed E-state index contributed by atoms with van der Waals surface area (Å²) in [5.41, 5.74) is 3.04. The first kappa shape index (κ1) is 10.4. The van der Waals surface area contributed by atoms with Gasteiger partial charge >= 0.3 is 0 Å². The van der Waals surface area contributed by atoms with Gasteiger partial charge in [-0.05, 0) is 30.3 Å². The van der Waals surface area contributed by atoms with Gasteiger partial charge in [-0.3, -0.25) is 9.98 Å². The minimum atomic E-state index is 0.0732. The van der Waals surface area contributed by atoms with E-state index in [1.807, 2.05) is 36.8 Å². The Balaban J connectivity index is 2.11. The second-order valence-electron chi connectivity index (χ2n) is 4.56. The number of rotatable bonds is 1. The molecule has 0 aromatic carbocycles. The van der Waals surface area contributed by atoms with Crippen molar-refractivity contribution in [3.63, 3.8) is 0 Å². The second-order valence-corrected chi connectivity index (χ2v) is 4.56. The first-order valence-corrected chi connectivity index (χ1v) is 6.33. The van der Waals surface area contributed by atoms with Gasteiger partial charge in [-0.25, -0.2) is 4.98 Å². The fourth-order valence-corrected chi connectivity index (χ4v) is 2.63. The van der Waals surface area contributed by atoms with E-state index < -0.39 is 0 Å². The molecule has 0 bridgehead atoms. The zero-order chi connectivity index (χ0) is 12.7. The third kappa shape index (κ3) is 1.50. The van der Waals surface area contributed by atoms with E-state index in [0.717, 1.165) is 28.5 Å². The minimum Gasteiger partial charge on any atom is -0.300 e. The molecule has 19 heavy (non-hydrogen) atoms. The molecule has 4 rings (SSSR count). The van der Waals surface area contributed by atoms with Gasteiger partial charge in [0, 0.05) is 30.4 Å². The molecule has 0 amide bonds. The van der Waals surface area contributed by atoms with Crippen LogP contribution >= 0.6 is 0 Å². The average Bonchev–Trinajstić information content (AvgIpc) is 2.83. The van der Waals surface area contributed by atoms with E-state index in [1.165, 1.54) is 0 Å². The van der Waals surface area contributed by atoms with Gasteiger partial charge in [0.15, 0.2) is 0 Å². The summed E-state index contributed by atoms with van der Waals surface area (Å²) in [7, 11) is 0. The van der Waals surface area contributed by atoms with Crippen LogP contribution in [0.1, 0.15) is 12.6 Å². The Morgan fingerprint density at radius 3 is 2.89 bits per heavy atom. The molecule has 3 aromatic rings. The molecule has 4 nitrogen and oxygen atoms in total. The molecular formula is C15H12N4. The van der Waals surface area contributed by atoms with Crippen molar-refractivity contribution in [1.29, 1.82) is 0 Å². The van der Waals surface area contributed by atoms with E-state index in [-0.39, 0.29) is 6.17 Å². The molecule has 1 atom stereocenters. The number of dihydropyridines is 1. The van der Waals surface area contributed by atoms with Gasteiger partial charge in [-0.2, -0.15) is 0 Å². The summed E-state index contributed by atoms with van der Waals surface area (Å²) in [5, 5.41) is 1.09. The standard InChI is InChI=1S/C15H12N4/c1-2-8-16-13(7-1)19-12-6-4-9-17-14(12)11-5-3-10-18-15(11)19/h1-6,8-10,13H,7H2. The third-order valence-corrected chi connectivity index (χ3v) is 3.44. The Labute approximate surface area is 110 Å². The van der Waals surface area contributed by atoms with Crippen LogP contribution in [-0.4, -0.2) is 20.7 Å². The fraction of sp³-hybridized carbons (Fsp3) is 0.133. The Morgan fingerprint density at radius 2 is 2.00 bits per heavy atom. The van der Waals surface area contributed by atoms with Gasteiger partial charge in [0.05, 0.1) is 11.0 Å². The highest BCUT2D eigenvalue weighted by molar-refractivity contribution is 6.04. The number of nitrogens with zero attached hydrogens (tertiary/aromatic N) is 4. The molecule has 1 aliphatic heterocycles. The van der Waals surface area contributed by atoms with Crippen LogP contribution in [-0.2, 0) is 0 Å². The van der Waals surface area contributed by atoms with E-state index in [9.17, 15) is 0 Å². The lowest BCUT2D eigenvalue weighted by Crippen LogP contribution is -2.08. The lowest BCUT2D eigenvalue weighted by Gasteiger charge is -2.16. The second kappa shape index (κ2) is 4.02. The van der Waals surface area contributed by atoms with Crippen molar-refractivity contribution in [3.05, 3.63) is 48.8 Å². The van der Waals surface area contributed by atoms with Gasteiger partial charge < -0.3 is 4.57 Å². The summed E-state index contributed by atoms with van der Waals surface area (Å²) in [5.74, 6) is 0. The zero-order valence-electron chi connectivity index (χ0n) is 10.3. The maximum atomic E-state index is 4.56. The van der Waals surface area contributed by atoms with Gasteiger partial charge in [-0.15, -0.1) is 0 Å². The zero-order valence-corrected chi connectivity index (χ0v) is 10.3. The van der Waals surface area contributed by atoms with E-state index in [2.05, 4.69) is 37.7 Å². The van der Waals surface area contributed by atoms with Crippen LogP contribution in [0.25, 0.3) is 22.1 Å². The maximum Gasteiger partial charge on any atom is 0.144 e. The van der Waals surface area contributed by atoms with Gasteiger partial charge in [-0.1, -0.05) is 6.08 Å². The predicted molar refractivity (Wildman–Crippen MR) is 76.3 cm³/mol. The molecule has 1 unspecified atom stereocenters. The molecule has 3 aromatic heterocycles. The summed E-state index contributed by atoms with van der Waals surface area (Å²) in [6.07, 6.45) is 10.6. The van der Waals surface area contributed by atoms with E-state index in [1.54, 1.807) is 0 Å². The highest BCUT2D eigenvalue weighted by Gasteiger charge is 2.18. The lowest BCUT2D eigenvalue weighted by atomic mass is 10.2. The maximum absolute atomic E-state index is 4.56. The number of hydrogen-bond acceptors (Lipinski definition) is 3. The Hall–Kier alpha value is -2.49. The average molecular weight is 248 g/mol. The third-order valence-electron chi connectivity index (χ3n) is 3.44. The summed E-state index contributed by atoms with van der Waals surface area (Å²) in [6.45, 7) is 0. The monoisotopic (exact) mass is 248 g/mol. The predicted octanol–water partition coefficient (Wildman–Crippen LogP) is 3.11. The molecule has 0 fully saturated rings. The highest BCUT2D eigenvalue weighted by atomic mass is 15.2. The summed E-state index contributed by atoms with van der Waals surface area (Å²) in [4.78, 5) is 13.6. The van der Waals surface area contributed by atoms with Gasteiger partial charge in [0.25, 0.3) is 0 Å². The molecule has 4 heteroatoms. The molecule has 0 saturated carbocycles. The van der Waals surface area contributed by atoms with Crippen LogP contribution in [0.4, 0.5) is 0 Å². The van der Waals surface area contributed by atoms with Crippen LogP contribution in [0.2, 0.25) is 0 Å². The van der Waals surface area contributed by atoms with E-state index in [4.69, 9.17) is 0 Å². The van der Waals surface area contributed by atoms with Crippen LogP contribution in [0.15, 0.2) is 53.8 Å². The van der Waals surface area contributed by atoms with E-state index >= 15 is 0 Å². The number of allylic oxidation sites excluding steroid dienone is 1. The molecule has 0 spiro atoms. The van der Waals surface area contributed by atoms with Crippen LogP contribution in [0.5, 0.6) is 0 Å². The molecule has 0 N–H and O–H groups in total. The lowest BCUT2D eigenvalue weighted by molar-refractivity contribution is 0.559. The van der Waals surface area contributed by atoms with Crippen molar-refractivity contribution in [3.8, 4) is 0 Å². The number of fused-ring (bicyclic) bond motifs is 3. The van der Waals surface area contributed by atoms with Crippen molar-refractivity contribution in [2.45, 2.75) is 12.6 Å². The molecule has 92 valence electrons. The molecule has 4 heterocycles. The molecule has 1 aliphatic rings. The highest BCUT2D eigenvalue weighted by Crippen LogP contribution is 2.31. The van der Waals surface area contributed by atoms with Crippen molar-refractivity contribution in [2.75, 3.05) is 0 Å². The normalized spacial score (nSPS) is 18.4. The summed E-state index contributed by atoms with van der Waals surface area (Å²) < 4.78 is 2.18. The van der Waals surface area contributed by atoms with Gasteiger partial charge in [0.1, 0.15) is 11.8 Å². The van der Waals surface area contributed by atoms with Crippen LogP contribution < -0.4 is 0 Å². The van der Waals surface area contributed by atoms with Crippen molar-refractivity contribution in [1.82, 2.24) is 14.5 Å². The first-order chi connectivity index (χ1) is 9.45.